The fourth-order valence-electron chi connectivity index (χ4n) is 2.58. The van der Waals surface area contributed by atoms with Crippen molar-refractivity contribution in [2.45, 2.75) is 39.2 Å². The normalized spacial score (nSPS) is 18.8. The number of hydrogen-bond donors (Lipinski definition) is 1. The van der Waals surface area contributed by atoms with Gasteiger partial charge in [-0.05, 0) is 44.7 Å². The highest BCUT2D eigenvalue weighted by atomic mass is 19.1. The van der Waals surface area contributed by atoms with Gasteiger partial charge in [-0.3, -0.25) is 4.99 Å². The molecule has 0 radical (unpaired) electrons. The van der Waals surface area contributed by atoms with Crippen LogP contribution in [0.25, 0.3) is 6.08 Å². The summed E-state index contributed by atoms with van der Waals surface area (Å²) in [5.41, 5.74) is 0.691. The highest BCUT2D eigenvalue weighted by Crippen LogP contribution is 2.30. The monoisotopic (exact) mass is 305 g/mol. The third-order valence-corrected chi connectivity index (χ3v) is 3.74. The Morgan fingerprint density at radius 3 is 2.82 bits per heavy atom. The van der Waals surface area contributed by atoms with Crippen molar-refractivity contribution >= 4 is 11.8 Å². The van der Waals surface area contributed by atoms with Gasteiger partial charge < -0.3 is 9.84 Å². The molecule has 1 aromatic carbocycles. The first-order valence-electron chi connectivity index (χ1n) is 7.68. The molecule has 0 aliphatic carbocycles. The number of benzene rings is 1. The van der Waals surface area contributed by atoms with Gasteiger partial charge in [0.15, 0.2) is 0 Å². The van der Waals surface area contributed by atoms with E-state index in [0.29, 0.717) is 16.9 Å². The van der Waals surface area contributed by atoms with Crippen LogP contribution in [0.3, 0.4) is 0 Å². The van der Waals surface area contributed by atoms with Crippen LogP contribution in [-0.2, 0) is 0 Å². The molecule has 0 fully saturated rings. The summed E-state index contributed by atoms with van der Waals surface area (Å²) in [7, 11) is 0. The molecule has 2 rings (SSSR count). The molecule has 1 unspecified atom stereocenters. The van der Waals surface area contributed by atoms with Gasteiger partial charge in [-0.1, -0.05) is 19.6 Å². The van der Waals surface area contributed by atoms with E-state index in [1.807, 2.05) is 0 Å². The van der Waals surface area contributed by atoms with Crippen molar-refractivity contribution in [1.29, 1.82) is 0 Å². The van der Waals surface area contributed by atoms with Gasteiger partial charge in [0.2, 0.25) is 0 Å². The van der Waals surface area contributed by atoms with Gasteiger partial charge in [0, 0.05) is 17.8 Å². The Hall–Kier alpha value is -1.68. The fourth-order valence-corrected chi connectivity index (χ4v) is 2.58. The first-order valence-corrected chi connectivity index (χ1v) is 7.68. The Morgan fingerprint density at radius 1 is 1.50 bits per heavy atom. The second kappa shape index (κ2) is 6.61. The number of aliphatic hydroxyl groups is 1. The predicted octanol–water partition coefficient (Wildman–Crippen LogP) is 3.84. The van der Waals surface area contributed by atoms with Crippen molar-refractivity contribution in [1.82, 2.24) is 0 Å². The smallest absolute Gasteiger partial charge is 0.143 e. The molecule has 0 bridgehead atoms. The summed E-state index contributed by atoms with van der Waals surface area (Å²) in [6.07, 6.45) is 3.53. The number of hydrogen-bond acceptors (Lipinski definition) is 3. The Kier molecular flexibility index (Phi) is 5.01. The number of ether oxygens (including phenoxy) is 1. The van der Waals surface area contributed by atoms with Crippen LogP contribution in [0.5, 0.6) is 5.75 Å². The highest BCUT2D eigenvalue weighted by Gasteiger charge is 2.23. The van der Waals surface area contributed by atoms with E-state index in [1.54, 1.807) is 26.0 Å². The van der Waals surface area contributed by atoms with Crippen LogP contribution in [0.1, 0.15) is 44.7 Å². The van der Waals surface area contributed by atoms with E-state index in [1.165, 1.54) is 6.08 Å². The van der Waals surface area contributed by atoms with E-state index >= 15 is 0 Å². The molecule has 22 heavy (non-hydrogen) atoms. The topological polar surface area (TPSA) is 41.8 Å². The van der Waals surface area contributed by atoms with Crippen LogP contribution >= 0.6 is 0 Å². The van der Waals surface area contributed by atoms with Gasteiger partial charge in [0.05, 0.1) is 11.2 Å². The zero-order valence-corrected chi connectivity index (χ0v) is 13.5. The minimum atomic E-state index is -0.977. The third-order valence-electron chi connectivity index (χ3n) is 3.74. The predicted molar refractivity (Wildman–Crippen MR) is 88.1 cm³/mol. The SMILES string of the molecule is C=Cc1c(OCC(C)(C)O)ccc(C2=NCCCC2C)c1F. The van der Waals surface area contributed by atoms with Gasteiger partial charge in [-0.2, -0.15) is 0 Å². The number of aliphatic imine (C=N–C) groups is 1. The minimum Gasteiger partial charge on any atom is -0.490 e. The zero-order chi connectivity index (χ0) is 16.3. The van der Waals surface area contributed by atoms with Crippen molar-refractivity contribution in [3.05, 3.63) is 35.7 Å². The molecule has 1 heterocycles. The van der Waals surface area contributed by atoms with Crippen molar-refractivity contribution < 1.29 is 14.2 Å². The van der Waals surface area contributed by atoms with Crippen LogP contribution in [0.15, 0.2) is 23.7 Å². The molecular formula is C18H24FNO2. The minimum absolute atomic E-state index is 0.0873. The summed E-state index contributed by atoms with van der Waals surface area (Å²) in [6.45, 7) is 9.87. The Bertz CT molecular complexity index is 587. The molecule has 0 saturated carbocycles. The second-order valence-corrected chi connectivity index (χ2v) is 6.45. The molecule has 1 aromatic rings. The van der Waals surface area contributed by atoms with Gasteiger partial charge in [-0.25, -0.2) is 4.39 Å². The van der Waals surface area contributed by atoms with Crippen LogP contribution < -0.4 is 4.74 Å². The maximum Gasteiger partial charge on any atom is 0.143 e. The molecule has 0 amide bonds. The van der Waals surface area contributed by atoms with Gasteiger partial charge in [-0.15, -0.1) is 0 Å². The molecule has 1 atom stereocenters. The van der Waals surface area contributed by atoms with Crippen molar-refractivity contribution in [3.8, 4) is 5.75 Å². The zero-order valence-electron chi connectivity index (χ0n) is 13.5. The molecule has 4 heteroatoms. The molecule has 1 N–H and O–H groups in total. The van der Waals surface area contributed by atoms with Crippen LogP contribution in [0, 0.1) is 11.7 Å². The quantitative estimate of drug-likeness (QED) is 0.898. The average molecular weight is 305 g/mol. The Balaban J connectivity index is 2.36. The first kappa shape index (κ1) is 16.7. The summed E-state index contributed by atoms with van der Waals surface area (Å²) < 4.78 is 20.4. The first-order chi connectivity index (χ1) is 10.3. The lowest BCUT2D eigenvalue weighted by Crippen LogP contribution is -2.28. The van der Waals surface area contributed by atoms with Gasteiger partial charge >= 0.3 is 0 Å². The van der Waals surface area contributed by atoms with E-state index in [2.05, 4.69) is 18.5 Å². The molecule has 0 saturated heterocycles. The molecule has 3 nitrogen and oxygen atoms in total. The van der Waals surface area contributed by atoms with E-state index in [4.69, 9.17) is 4.74 Å². The van der Waals surface area contributed by atoms with E-state index in [9.17, 15) is 9.50 Å². The maximum absolute atomic E-state index is 14.8. The Labute approximate surface area is 131 Å². The summed E-state index contributed by atoms with van der Waals surface area (Å²) in [4.78, 5) is 4.49. The van der Waals surface area contributed by atoms with Gasteiger partial charge in [0.25, 0.3) is 0 Å². The third kappa shape index (κ3) is 3.74. The lowest BCUT2D eigenvalue weighted by Gasteiger charge is -2.22. The average Bonchev–Trinajstić information content (AvgIpc) is 2.45. The van der Waals surface area contributed by atoms with Crippen molar-refractivity contribution in [2.75, 3.05) is 13.2 Å². The van der Waals surface area contributed by atoms with Crippen LogP contribution in [-0.4, -0.2) is 29.6 Å². The van der Waals surface area contributed by atoms with E-state index in [0.717, 1.165) is 25.1 Å². The lowest BCUT2D eigenvalue weighted by molar-refractivity contribution is 0.0283. The maximum atomic E-state index is 14.8. The highest BCUT2D eigenvalue weighted by molar-refractivity contribution is 6.03. The largest absolute Gasteiger partial charge is 0.490 e. The van der Waals surface area contributed by atoms with Gasteiger partial charge in [0.1, 0.15) is 18.2 Å². The molecule has 0 aromatic heterocycles. The summed E-state index contributed by atoms with van der Waals surface area (Å²) in [6, 6.07) is 3.44. The summed E-state index contributed by atoms with van der Waals surface area (Å²) >= 11 is 0. The summed E-state index contributed by atoms with van der Waals surface area (Å²) in [5, 5.41) is 9.74. The second-order valence-electron chi connectivity index (χ2n) is 6.45. The summed E-state index contributed by atoms with van der Waals surface area (Å²) in [5.74, 6) is 0.294. The van der Waals surface area contributed by atoms with Crippen molar-refractivity contribution in [2.24, 2.45) is 10.9 Å². The molecule has 1 aliphatic heterocycles. The molecule has 0 spiro atoms. The lowest BCUT2D eigenvalue weighted by atomic mass is 9.90. The standard InChI is InChI=1S/C18H24FNO2/c1-5-13-15(22-11-18(3,4)21)9-8-14(16(13)19)17-12(2)7-6-10-20-17/h5,8-9,12,21H,1,6-7,10-11H2,2-4H3. The number of nitrogens with zero attached hydrogens (tertiary/aromatic N) is 1. The molecule has 1 aliphatic rings. The van der Waals surface area contributed by atoms with E-state index in [-0.39, 0.29) is 18.3 Å². The molecule has 120 valence electrons. The Morgan fingerprint density at radius 2 is 2.23 bits per heavy atom. The van der Waals surface area contributed by atoms with Crippen LogP contribution in [0.4, 0.5) is 4.39 Å². The number of halogens is 1. The van der Waals surface area contributed by atoms with Crippen molar-refractivity contribution in [3.63, 3.8) is 0 Å². The number of rotatable bonds is 5. The van der Waals surface area contributed by atoms with Crippen LogP contribution in [0.2, 0.25) is 0 Å². The molecular weight excluding hydrogens is 281 g/mol. The van der Waals surface area contributed by atoms with E-state index < -0.39 is 5.60 Å². The fraction of sp³-hybridized carbons (Fsp3) is 0.500.